The van der Waals surface area contributed by atoms with Crippen LogP contribution in [0.4, 0.5) is 0 Å². The first-order valence-electron chi connectivity index (χ1n) is 9.27. The highest BCUT2D eigenvalue weighted by Gasteiger charge is 2.14. The van der Waals surface area contributed by atoms with Gasteiger partial charge in [0, 0.05) is 16.5 Å². The van der Waals surface area contributed by atoms with Crippen LogP contribution in [0.5, 0.6) is 5.75 Å². The van der Waals surface area contributed by atoms with Crippen molar-refractivity contribution in [1.29, 1.82) is 0 Å². The van der Waals surface area contributed by atoms with Crippen molar-refractivity contribution in [2.45, 2.75) is 66.7 Å². The molecule has 1 heterocycles. The molecule has 0 bridgehead atoms. The summed E-state index contributed by atoms with van der Waals surface area (Å²) in [6.45, 7) is 10.8. The number of hydrogen-bond acceptors (Lipinski definition) is 3. The van der Waals surface area contributed by atoms with Crippen LogP contribution in [-0.4, -0.2) is 6.61 Å². The van der Waals surface area contributed by atoms with E-state index in [1.807, 2.05) is 45.9 Å². The topological polar surface area (TPSA) is 39.4 Å². The second-order valence-corrected chi connectivity index (χ2v) is 6.96. The lowest BCUT2D eigenvalue weighted by Crippen LogP contribution is -2.11. The Balaban J connectivity index is 2.33. The van der Waals surface area contributed by atoms with E-state index in [0.717, 1.165) is 47.1 Å². The predicted molar refractivity (Wildman–Crippen MR) is 105 cm³/mol. The molecule has 0 aliphatic rings. The minimum Gasteiger partial charge on any atom is -0.489 e. The molecule has 0 N–H and O–H groups in total. The lowest BCUT2D eigenvalue weighted by atomic mass is 9.99. The molecule has 136 valence electrons. The Morgan fingerprint density at radius 1 is 1.12 bits per heavy atom. The van der Waals surface area contributed by atoms with Gasteiger partial charge in [0.05, 0.1) is 0 Å². The number of ether oxygens (including phenoxy) is 1. The van der Waals surface area contributed by atoms with Gasteiger partial charge in [0.25, 0.3) is 0 Å². The Bertz CT molecular complexity index is 808. The maximum absolute atomic E-state index is 12.5. The number of aryl methyl sites for hydroxylation is 2. The van der Waals surface area contributed by atoms with Gasteiger partial charge in [-0.2, -0.15) is 0 Å². The fraction of sp³-hybridized carbons (Fsp3) is 0.500. The summed E-state index contributed by atoms with van der Waals surface area (Å²) >= 11 is 0. The summed E-state index contributed by atoms with van der Waals surface area (Å²) in [7, 11) is 0. The summed E-state index contributed by atoms with van der Waals surface area (Å²) in [5, 5.41) is 1.01. The Labute approximate surface area is 150 Å². The first kappa shape index (κ1) is 19.3. The molecule has 3 heteroatoms. The molecule has 0 unspecified atom stereocenters. The van der Waals surface area contributed by atoms with Crippen LogP contribution in [0.2, 0.25) is 0 Å². The van der Waals surface area contributed by atoms with E-state index in [4.69, 9.17) is 9.15 Å². The van der Waals surface area contributed by atoms with Crippen molar-refractivity contribution >= 4 is 11.0 Å². The first-order valence-corrected chi connectivity index (χ1v) is 9.27. The third kappa shape index (κ3) is 4.75. The minimum atomic E-state index is -0.203. The van der Waals surface area contributed by atoms with Crippen molar-refractivity contribution in [3.05, 3.63) is 50.9 Å². The largest absolute Gasteiger partial charge is 0.489 e. The molecule has 25 heavy (non-hydrogen) atoms. The number of benzene rings is 1. The first-order chi connectivity index (χ1) is 12.0. The summed E-state index contributed by atoms with van der Waals surface area (Å²) in [4.78, 5) is 12.5. The van der Waals surface area contributed by atoms with Crippen LogP contribution in [-0.2, 0) is 6.42 Å². The van der Waals surface area contributed by atoms with E-state index in [9.17, 15) is 4.79 Å². The molecule has 1 aromatic carbocycles. The highest BCUT2D eigenvalue weighted by Crippen LogP contribution is 2.29. The Morgan fingerprint density at radius 2 is 1.88 bits per heavy atom. The summed E-state index contributed by atoms with van der Waals surface area (Å²) < 4.78 is 11.5. The number of hydrogen-bond donors (Lipinski definition) is 0. The van der Waals surface area contributed by atoms with Gasteiger partial charge in [0.1, 0.15) is 17.9 Å². The number of rotatable bonds is 8. The summed E-state index contributed by atoms with van der Waals surface area (Å²) in [5.41, 5.74) is 4.41. The second-order valence-electron chi connectivity index (χ2n) is 6.96. The van der Waals surface area contributed by atoms with Crippen molar-refractivity contribution in [2.24, 2.45) is 0 Å². The van der Waals surface area contributed by atoms with Gasteiger partial charge in [-0.15, -0.1) is 0 Å². The molecular weight excluding hydrogens is 312 g/mol. The van der Waals surface area contributed by atoms with Crippen LogP contribution in [0.1, 0.15) is 63.1 Å². The van der Waals surface area contributed by atoms with E-state index in [1.165, 1.54) is 18.4 Å². The third-order valence-electron chi connectivity index (χ3n) is 4.66. The standard InChI is InChI=1S/C22H30O3/c1-6-7-8-9-10-19-16(4)18-11-12-20(24-14-13-15(2)3)17(5)21(18)25-22(19)23/h11-13H,6-10,14H2,1-5H3. The molecule has 0 saturated heterocycles. The van der Waals surface area contributed by atoms with Crippen molar-refractivity contribution < 1.29 is 9.15 Å². The zero-order valence-electron chi connectivity index (χ0n) is 16.2. The zero-order chi connectivity index (χ0) is 18.4. The molecular formula is C22H30O3. The predicted octanol–water partition coefficient (Wildman–Crippen LogP) is 5.88. The molecule has 0 atom stereocenters. The van der Waals surface area contributed by atoms with Crippen molar-refractivity contribution in [3.63, 3.8) is 0 Å². The monoisotopic (exact) mass is 342 g/mol. The molecule has 2 aromatic rings. The van der Waals surface area contributed by atoms with Crippen LogP contribution in [0.15, 0.2) is 33.0 Å². The van der Waals surface area contributed by atoms with E-state index in [0.29, 0.717) is 12.2 Å². The van der Waals surface area contributed by atoms with E-state index in [-0.39, 0.29) is 5.63 Å². The zero-order valence-corrected chi connectivity index (χ0v) is 16.2. The van der Waals surface area contributed by atoms with Crippen molar-refractivity contribution in [3.8, 4) is 5.75 Å². The van der Waals surface area contributed by atoms with E-state index >= 15 is 0 Å². The quantitative estimate of drug-likeness (QED) is 0.342. The van der Waals surface area contributed by atoms with Crippen molar-refractivity contribution in [1.82, 2.24) is 0 Å². The van der Waals surface area contributed by atoms with E-state index in [1.54, 1.807) is 0 Å². The van der Waals surface area contributed by atoms with Crippen LogP contribution in [0.25, 0.3) is 11.0 Å². The maximum atomic E-state index is 12.5. The minimum absolute atomic E-state index is 0.203. The molecule has 0 amide bonds. The van der Waals surface area contributed by atoms with E-state index in [2.05, 4.69) is 6.92 Å². The van der Waals surface area contributed by atoms with Gasteiger partial charge in [-0.3, -0.25) is 0 Å². The molecule has 0 aliphatic carbocycles. The normalized spacial score (nSPS) is 10.9. The highest BCUT2D eigenvalue weighted by atomic mass is 16.5. The van der Waals surface area contributed by atoms with Crippen LogP contribution < -0.4 is 10.4 Å². The molecule has 0 fully saturated rings. The van der Waals surface area contributed by atoms with Gasteiger partial charge in [-0.05, 0) is 64.3 Å². The molecule has 0 aliphatic heterocycles. The Morgan fingerprint density at radius 3 is 2.56 bits per heavy atom. The Hall–Kier alpha value is -2.03. The van der Waals surface area contributed by atoms with Gasteiger partial charge in [-0.25, -0.2) is 4.79 Å². The summed E-state index contributed by atoms with van der Waals surface area (Å²) in [6, 6.07) is 3.98. The average molecular weight is 342 g/mol. The average Bonchev–Trinajstić information content (AvgIpc) is 2.56. The fourth-order valence-electron chi connectivity index (χ4n) is 3.04. The molecule has 0 radical (unpaired) electrons. The highest BCUT2D eigenvalue weighted by molar-refractivity contribution is 5.85. The number of allylic oxidation sites excluding steroid dienone is 1. The fourth-order valence-corrected chi connectivity index (χ4v) is 3.04. The van der Waals surface area contributed by atoms with Gasteiger partial charge in [0.2, 0.25) is 0 Å². The van der Waals surface area contributed by atoms with Crippen LogP contribution in [0.3, 0.4) is 0 Å². The SMILES string of the molecule is CCCCCCc1c(C)c2ccc(OCC=C(C)C)c(C)c2oc1=O. The lowest BCUT2D eigenvalue weighted by Gasteiger charge is -2.12. The molecule has 1 aromatic heterocycles. The third-order valence-corrected chi connectivity index (χ3v) is 4.66. The maximum Gasteiger partial charge on any atom is 0.339 e. The van der Waals surface area contributed by atoms with Crippen LogP contribution >= 0.6 is 0 Å². The molecule has 3 nitrogen and oxygen atoms in total. The smallest absolute Gasteiger partial charge is 0.339 e. The van der Waals surface area contributed by atoms with Gasteiger partial charge in [-0.1, -0.05) is 31.8 Å². The number of unbranched alkanes of at least 4 members (excludes halogenated alkanes) is 3. The molecule has 0 saturated carbocycles. The number of fused-ring (bicyclic) bond motifs is 1. The summed E-state index contributed by atoms with van der Waals surface area (Å²) in [5.74, 6) is 0.767. The van der Waals surface area contributed by atoms with Gasteiger partial charge in [0.15, 0.2) is 0 Å². The summed E-state index contributed by atoms with van der Waals surface area (Å²) in [6.07, 6.45) is 7.42. The van der Waals surface area contributed by atoms with Gasteiger partial charge < -0.3 is 9.15 Å². The molecule has 0 spiro atoms. The van der Waals surface area contributed by atoms with Crippen molar-refractivity contribution in [2.75, 3.05) is 6.61 Å². The Kier molecular flexibility index (Phi) is 6.86. The van der Waals surface area contributed by atoms with Crippen LogP contribution in [0, 0.1) is 13.8 Å². The molecule has 2 rings (SSSR count). The van der Waals surface area contributed by atoms with E-state index < -0.39 is 0 Å². The second kappa shape index (κ2) is 8.89. The lowest BCUT2D eigenvalue weighted by molar-refractivity contribution is 0.359. The van der Waals surface area contributed by atoms with Gasteiger partial charge >= 0.3 is 5.63 Å².